The van der Waals surface area contributed by atoms with E-state index in [4.69, 9.17) is 0 Å². The Morgan fingerprint density at radius 3 is 0.682 bits per heavy atom. The molecule has 0 unspecified atom stereocenters. The predicted octanol–water partition coefficient (Wildman–Crippen LogP) is 12.4. The highest BCUT2D eigenvalue weighted by atomic mass is 32.2. The highest BCUT2D eigenvalue weighted by molar-refractivity contribution is 7.92. The molecule has 4 fully saturated rings. The van der Waals surface area contributed by atoms with Crippen molar-refractivity contribution in [3.8, 4) is 0 Å². The fraction of sp³-hybridized carbons (Fsp3) is 0.261. The van der Waals surface area contributed by atoms with Crippen LogP contribution in [0.15, 0.2) is 244 Å². The number of hydrogen-bond donors (Lipinski definition) is 9. The van der Waals surface area contributed by atoms with E-state index in [2.05, 4.69) is 107 Å². The SMILES string of the molecule is Cc1ccc(NC(=O)Nc2ccc(CN3CCS(=O)(=O)CC3)cc2)cc1Nc1ncccn1.Cc1ccc(NC(=O)c2ccc(CN3CCS(=O)(=O)CC3)cc2)cc1Nc1ncccn1.Cc1ccc(NC(=O)c2ccc(CN3CCS(=O)(=O)CC3)cc2)cc1Nc1ncccn1.Cc1ccc(NC(=O)c2ccc(CN3CCS(=O)(=O)CC3)cc2)cc1Nc1ncccn1. The molecule has 129 heavy (non-hydrogen) atoms. The van der Waals surface area contributed by atoms with Crippen LogP contribution in [0.2, 0.25) is 0 Å². The highest BCUT2D eigenvalue weighted by Crippen LogP contribution is 2.29. The van der Waals surface area contributed by atoms with Gasteiger partial charge in [-0.15, -0.1) is 0 Å². The van der Waals surface area contributed by atoms with Crippen LogP contribution in [0, 0.1) is 27.7 Å². The standard InChI is InChI=1S/C23H26N6O3S.3C23H25N5O3S/c1-17-3-6-20(15-21(17)28-22-24-9-2-10-25-22)27-23(30)26-19-7-4-18(5-8-19)16-29-11-13-33(31,32)14-12-29;3*1-17-3-8-20(15-21(17)27-23-24-9-2-10-25-23)26-22(29)19-6-4-18(5-7-19)16-28-11-13-32(30,31)14-12-28/h2-10,15H,11-14,16H2,1H3,(H,24,25,28)(H2,26,27,30);3*2-10,15H,11-14,16H2,1H3,(H,26,29)(H,24,25,27). The van der Waals surface area contributed by atoms with Gasteiger partial charge >= 0.3 is 6.03 Å². The number of carbonyl (C=O) groups is 4. The van der Waals surface area contributed by atoms with Crippen LogP contribution in [0.3, 0.4) is 0 Å². The van der Waals surface area contributed by atoms with E-state index in [1.165, 1.54) is 0 Å². The fourth-order valence-electron chi connectivity index (χ4n) is 13.8. The quantitative estimate of drug-likeness (QED) is 0.0271. The number of carbonyl (C=O) groups excluding carboxylic acids is 4. The maximum Gasteiger partial charge on any atom is 0.323 e. The summed E-state index contributed by atoms with van der Waals surface area (Å²) >= 11 is 0. The highest BCUT2D eigenvalue weighted by Gasteiger charge is 2.26. The molecule has 37 heteroatoms. The summed E-state index contributed by atoms with van der Waals surface area (Å²) in [6.07, 6.45) is 13.3. The van der Waals surface area contributed by atoms with Crippen molar-refractivity contribution < 1.29 is 52.8 Å². The smallest absolute Gasteiger partial charge is 0.323 e. The van der Waals surface area contributed by atoms with Crippen molar-refractivity contribution in [2.75, 3.05) is 146 Å². The summed E-state index contributed by atoms with van der Waals surface area (Å²) in [7, 11) is -11.5. The van der Waals surface area contributed by atoms with E-state index in [0.717, 1.165) is 67.3 Å². The zero-order chi connectivity index (χ0) is 90.9. The number of benzene rings is 8. The molecule has 0 saturated carbocycles. The number of nitrogens with one attached hydrogen (secondary N) is 9. The molecule has 0 bridgehead atoms. The molecule has 670 valence electrons. The number of sulfone groups is 4. The van der Waals surface area contributed by atoms with Gasteiger partial charge in [0, 0.05) is 196 Å². The van der Waals surface area contributed by atoms with Crippen LogP contribution in [0.4, 0.5) is 79.8 Å². The van der Waals surface area contributed by atoms with Crippen LogP contribution in [0.1, 0.15) is 75.6 Å². The van der Waals surface area contributed by atoms with Crippen LogP contribution in [0.5, 0.6) is 0 Å². The third kappa shape index (κ3) is 29.3. The van der Waals surface area contributed by atoms with Gasteiger partial charge in [0.1, 0.15) is 0 Å². The van der Waals surface area contributed by atoms with Gasteiger partial charge in [-0.2, -0.15) is 0 Å². The van der Waals surface area contributed by atoms with Crippen LogP contribution in [0.25, 0.3) is 0 Å². The molecular weight excluding hydrogens is 1720 g/mol. The fourth-order valence-corrected chi connectivity index (χ4v) is 18.9. The van der Waals surface area contributed by atoms with Crippen LogP contribution < -0.4 is 47.9 Å². The van der Waals surface area contributed by atoms with Gasteiger partial charge < -0.3 is 47.9 Å². The van der Waals surface area contributed by atoms with E-state index in [0.29, 0.717) is 147 Å². The summed E-state index contributed by atoms with van der Waals surface area (Å²) in [5.74, 6) is 2.99. The zero-order valence-corrected chi connectivity index (χ0v) is 74.9. The van der Waals surface area contributed by atoms with Gasteiger partial charge in [-0.05, 0) is 194 Å². The zero-order valence-electron chi connectivity index (χ0n) is 71.6. The van der Waals surface area contributed by atoms with Gasteiger partial charge in [-0.25, -0.2) is 78.3 Å². The molecule has 12 aromatic rings. The van der Waals surface area contributed by atoms with Gasteiger partial charge in [0.15, 0.2) is 39.3 Å². The summed E-state index contributed by atoms with van der Waals surface area (Å²) in [4.78, 5) is 92.4. The Labute approximate surface area is 750 Å². The minimum atomic E-state index is -2.89. The number of aromatic nitrogens is 8. The molecule has 16 rings (SSSR count). The van der Waals surface area contributed by atoms with Crippen molar-refractivity contribution >= 4 is 138 Å². The lowest BCUT2D eigenvalue weighted by atomic mass is 10.1. The summed E-state index contributed by atoms with van der Waals surface area (Å²) in [6, 6.07) is 58.8. The normalized spacial score (nSPS) is 15.7. The molecule has 8 aromatic carbocycles. The maximum absolute atomic E-state index is 12.7. The predicted molar refractivity (Wildman–Crippen MR) is 504 cm³/mol. The number of hydrogen-bond acceptors (Lipinski definition) is 28. The molecule has 4 aromatic heterocycles. The van der Waals surface area contributed by atoms with Gasteiger partial charge in [0.2, 0.25) is 23.8 Å². The van der Waals surface area contributed by atoms with Gasteiger partial charge in [0.05, 0.1) is 46.0 Å². The first kappa shape index (κ1) is 93.2. The molecule has 8 heterocycles. The Kier molecular flexibility index (Phi) is 31.7. The minimum Gasteiger partial charge on any atom is -0.324 e. The number of anilines is 13. The van der Waals surface area contributed by atoms with Crippen LogP contribution in [-0.2, 0) is 65.5 Å². The van der Waals surface area contributed by atoms with E-state index in [1.807, 2.05) is 161 Å². The second-order valence-electron chi connectivity index (χ2n) is 31.3. The third-order valence-electron chi connectivity index (χ3n) is 21.5. The topological polar surface area (TPSA) is 429 Å². The second kappa shape index (κ2) is 43.9. The summed E-state index contributed by atoms with van der Waals surface area (Å²) in [6.45, 7) is 14.9. The molecule has 33 nitrogen and oxygen atoms in total. The van der Waals surface area contributed by atoms with Crippen molar-refractivity contribution in [2.45, 2.75) is 53.9 Å². The van der Waals surface area contributed by atoms with E-state index in [-0.39, 0.29) is 69.8 Å². The van der Waals surface area contributed by atoms with Crippen molar-refractivity contribution in [3.63, 3.8) is 0 Å². The van der Waals surface area contributed by atoms with Crippen LogP contribution >= 0.6 is 0 Å². The number of amides is 5. The third-order valence-corrected chi connectivity index (χ3v) is 27.9. The van der Waals surface area contributed by atoms with Crippen LogP contribution in [-0.4, -0.2) is 215 Å². The average Bonchev–Trinajstić information content (AvgIpc) is 0.878. The molecule has 5 amide bonds. The van der Waals surface area contributed by atoms with Crippen molar-refractivity contribution in [2.24, 2.45) is 0 Å². The number of nitrogens with zero attached hydrogens (tertiary/aromatic N) is 12. The lowest BCUT2D eigenvalue weighted by molar-refractivity contribution is 0.101. The maximum atomic E-state index is 12.7. The molecule has 0 atom stereocenters. The first-order chi connectivity index (χ1) is 62.0. The number of aryl methyl sites for hydroxylation is 4. The Morgan fingerprint density at radius 2 is 0.457 bits per heavy atom. The molecule has 0 spiro atoms. The van der Waals surface area contributed by atoms with Gasteiger partial charge in [0.25, 0.3) is 17.7 Å². The summed E-state index contributed by atoms with van der Waals surface area (Å²) in [5.41, 5.74) is 16.4. The lowest BCUT2D eigenvalue weighted by Crippen LogP contribution is -2.39. The number of rotatable bonds is 24. The Balaban J connectivity index is 0.000000147. The van der Waals surface area contributed by atoms with E-state index in [1.54, 1.807) is 110 Å². The number of urea groups is 1. The van der Waals surface area contributed by atoms with Crippen molar-refractivity contribution in [3.05, 3.63) is 305 Å². The minimum absolute atomic E-state index is 0.202. The van der Waals surface area contributed by atoms with Crippen molar-refractivity contribution in [1.29, 1.82) is 0 Å². The first-order valence-electron chi connectivity index (χ1n) is 41.7. The first-order valence-corrected chi connectivity index (χ1v) is 49.0. The Bertz CT molecular complexity index is 5840. The largest absolute Gasteiger partial charge is 0.324 e. The molecule has 4 aliphatic rings. The van der Waals surface area contributed by atoms with E-state index >= 15 is 0 Å². The summed E-state index contributed by atoms with van der Waals surface area (Å²) < 4.78 is 92.5. The second-order valence-corrected chi connectivity index (χ2v) is 40.6. The monoisotopic (exact) mass is 1820 g/mol. The molecule has 0 radical (unpaired) electrons. The van der Waals surface area contributed by atoms with E-state index < -0.39 is 39.3 Å². The Hall–Kier alpha value is -13.4. The molecule has 0 aliphatic carbocycles. The summed E-state index contributed by atoms with van der Waals surface area (Å²) in [5, 5.41) is 27.1. The van der Waals surface area contributed by atoms with Gasteiger partial charge in [-0.3, -0.25) is 34.0 Å². The lowest BCUT2D eigenvalue weighted by Gasteiger charge is -2.26. The molecular formula is C92H101N21O12S4. The molecule has 9 N–H and O–H groups in total. The Morgan fingerprint density at radius 1 is 0.264 bits per heavy atom. The molecule has 4 saturated heterocycles. The van der Waals surface area contributed by atoms with Crippen molar-refractivity contribution in [1.82, 2.24) is 59.5 Å². The molecule has 4 aliphatic heterocycles. The van der Waals surface area contributed by atoms with Gasteiger partial charge in [-0.1, -0.05) is 72.8 Å². The van der Waals surface area contributed by atoms with E-state index in [9.17, 15) is 52.8 Å². The average molecular weight is 1820 g/mol.